The van der Waals surface area contributed by atoms with E-state index in [1.165, 1.54) is 68.0 Å². The predicted octanol–water partition coefficient (Wildman–Crippen LogP) is -7.85. The van der Waals surface area contributed by atoms with E-state index in [1.807, 2.05) is 6.92 Å². The first-order valence-corrected chi connectivity index (χ1v) is 40.3. The van der Waals surface area contributed by atoms with Crippen LogP contribution in [-0.4, -0.2) is 292 Å². The van der Waals surface area contributed by atoms with Crippen molar-refractivity contribution in [1.82, 2.24) is 99.3 Å². The number of phenols is 1. The molecule has 16 amide bonds. The van der Waals surface area contributed by atoms with Crippen molar-refractivity contribution in [3.8, 4) is 5.75 Å². The first-order valence-electron chi connectivity index (χ1n) is 38.9. The highest BCUT2D eigenvalue weighted by atomic mass is 32.2. The SMILES string of the molecule is CC[C@H](C)[C@H](N)C(=O)N[C@H](C(=O)N[C@@H](CO)C(=O)N[C@@H](Cc1ccc(O)cc1)C(=O)N1CCC[C@H]1C(=O)N[C@@H](CC(=O)O)C(=O)N[C@@H](CC(=O)O)C(=O)N[C@@H](C)C(=O)NCC(=O)N[C@@H](CCC(=O)O)C(=O)N[C@@H](Cc1c[nH]cn1)C(=O)N[C@@H](C)C(=O)N[C@@H](Cc1c[nH]cn1)C(=O)N[C@@H](CCCCN)C(=O)N[C@@H](CCSC)C(=O)NCC(N)=O)C(C)C. The summed E-state index contributed by atoms with van der Waals surface area (Å²) in [6.45, 7) is 6.54. The molecule has 3 heterocycles. The quantitative estimate of drug-likeness (QED) is 0.0233. The van der Waals surface area contributed by atoms with E-state index in [9.17, 15) is 117 Å². The highest BCUT2D eigenvalue weighted by Crippen LogP contribution is 2.22. The van der Waals surface area contributed by atoms with Crippen molar-refractivity contribution in [2.24, 2.45) is 29.0 Å². The maximum absolute atomic E-state index is 14.7. The number of nitrogens with one attached hydrogen (secondary N) is 16. The maximum Gasteiger partial charge on any atom is 0.305 e. The summed E-state index contributed by atoms with van der Waals surface area (Å²) in [5.41, 5.74) is 17.8. The minimum Gasteiger partial charge on any atom is -0.508 e. The second kappa shape index (κ2) is 51.2. The molecule has 1 saturated heterocycles. The average molecular weight is 1730 g/mol. The number of primary amides is 1. The third-order valence-electron chi connectivity index (χ3n) is 19.2. The number of phenolic OH excluding ortho intramolecular Hbond substituents is 1. The zero-order valence-electron chi connectivity index (χ0n) is 68.0. The number of rotatable bonds is 54. The van der Waals surface area contributed by atoms with Gasteiger partial charge in [-0.1, -0.05) is 46.2 Å². The lowest BCUT2D eigenvalue weighted by Gasteiger charge is -2.31. The Morgan fingerprint density at radius 3 is 1.53 bits per heavy atom. The van der Waals surface area contributed by atoms with Gasteiger partial charge in [0.25, 0.3) is 0 Å². The molecular weight excluding hydrogens is 1610 g/mol. The zero-order chi connectivity index (χ0) is 90.3. The minimum atomic E-state index is -2.13. The Hall–Kier alpha value is -12.4. The predicted molar refractivity (Wildman–Crippen MR) is 427 cm³/mol. The van der Waals surface area contributed by atoms with Crippen molar-refractivity contribution in [1.29, 1.82) is 0 Å². The number of aliphatic hydroxyl groups is 1. The standard InChI is InChI=1S/C74H112N22O24S/c1-8-37(4)59(77)72(118)95-60(36(2)3)73(119)94-52(33-97)70(116)93-51(24-40-14-16-43(98)17-15-40)74(120)96-22-11-13-53(96)71(117)92-50(28-58(105)106)69(115)91-49(27-57(103)104)67(113)84-38(5)61(107)81-32-55(100)86-45(18-19-56(101)102)65(111)90-47(25-41-29-78-34-82-41)66(112)85-39(6)62(108)89-48(26-42-30-79-35-83-42)68(114)87-44(12-9-10-21-75)64(110)88-46(20-23-121-7)63(109)80-31-54(76)99/h14-17,29-30,34-39,44-53,59-60,97-98H,8-13,18-28,31-33,75,77H2,1-7H3,(H2,76,99)(H,78,82)(H,79,83)(H,80,109)(H,81,107)(H,84,113)(H,85,112)(H,86,100)(H,87,114)(H,88,110)(H,89,108)(H,90,111)(H,91,115)(H,92,117)(H,93,116)(H,94,119)(H,95,118)(H,101,102)(H,103,104)(H,105,106)/t37-,38-,39-,44-,45-,46-,47-,48-,49-,50-,51-,52-,53-,59-,60-/m0/s1. The number of imidazole rings is 2. The molecule has 2 aromatic heterocycles. The Morgan fingerprint density at radius 1 is 0.529 bits per heavy atom. The molecule has 668 valence electrons. The summed E-state index contributed by atoms with van der Waals surface area (Å²) in [6.07, 6.45) is 3.61. The Morgan fingerprint density at radius 2 is 1.01 bits per heavy atom. The highest BCUT2D eigenvalue weighted by molar-refractivity contribution is 7.98. The van der Waals surface area contributed by atoms with Crippen LogP contribution in [0.5, 0.6) is 5.75 Å². The number of hydrogen-bond donors (Lipinski definition) is 24. The largest absolute Gasteiger partial charge is 0.508 e. The number of nitrogens with two attached hydrogens (primary N) is 3. The average Bonchev–Trinajstić information content (AvgIpc) is 1.66. The number of nitrogens with zero attached hydrogens (tertiary/aromatic N) is 3. The van der Waals surface area contributed by atoms with Crippen molar-refractivity contribution >= 4 is 124 Å². The lowest BCUT2D eigenvalue weighted by Crippen LogP contribution is -2.61. The van der Waals surface area contributed by atoms with Crippen LogP contribution in [0.3, 0.4) is 0 Å². The zero-order valence-corrected chi connectivity index (χ0v) is 68.8. The summed E-state index contributed by atoms with van der Waals surface area (Å²) in [5, 5.41) is 83.2. The van der Waals surface area contributed by atoms with E-state index in [0.29, 0.717) is 30.6 Å². The van der Waals surface area contributed by atoms with Gasteiger partial charge in [-0.15, -0.1) is 0 Å². The van der Waals surface area contributed by atoms with Gasteiger partial charge in [0.1, 0.15) is 84.3 Å². The molecule has 0 aliphatic carbocycles. The summed E-state index contributed by atoms with van der Waals surface area (Å²) in [7, 11) is 0. The van der Waals surface area contributed by atoms with Gasteiger partial charge in [0.15, 0.2) is 0 Å². The lowest BCUT2D eigenvalue weighted by molar-refractivity contribution is -0.145. The van der Waals surface area contributed by atoms with Crippen LogP contribution in [0, 0.1) is 11.8 Å². The van der Waals surface area contributed by atoms with Gasteiger partial charge in [0.05, 0.1) is 62.6 Å². The fourth-order valence-electron chi connectivity index (χ4n) is 12.1. The lowest BCUT2D eigenvalue weighted by atomic mass is 9.97. The molecule has 1 fully saturated rings. The van der Waals surface area contributed by atoms with Crippen molar-refractivity contribution in [3.05, 3.63) is 66.3 Å². The number of aromatic hydroxyl groups is 1. The van der Waals surface area contributed by atoms with Crippen molar-refractivity contribution in [2.75, 3.05) is 44.8 Å². The number of carboxylic acid groups (broad SMARTS) is 3. The molecule has 4 rings (SSSR count). The molecule has 0 spiro atoms. The van der Waals surface area contributed by atoms with Crippen molar-refractivity contribution in [3.63, 3.8) is 0 Å². The number of amides is 16. The number of hydrogen-bond acceptors (Lipinski definition) is 26. The maximum atomic E-state index is 14.7. The number of carbonyl (C=O) groups is 19. The Bertz CT molecular complexity index is 4060. The molecule has 121 heavy (non-hydrogen) atoms. The Balaban J connectivity index is 1.47. The van der Waals surface area contributed by atoms with Crippen LogP contribution in [0.25, 0.3) is 0 Å². The second-order valence-electron chi connectivity index (χ2n) is 29.1. The minimum absolute atomic E-state index is 0.0113. The van der Waals surface area contributed by atoms with Gasteiger partial charge in [0.2, 0.25) is 94.5 Å². The van der Waals surface area contributed by atoms with E-state index in [2.05, 4.69) is 94.4 Å². The number of thioether (sulfide) groups is 1. The smallest absolute Gasteiger partial charge is 0.305 e. The van der Waals surface area contributed by atoms with E-state index in [1.54, 1.807) is 27.0 Å². The molecule has 0 bridgehead atoms. The number of aromatic amines is 2. The van der Waals surface area contributed by atoms with Crippen LogP contribution in [-0.2, 0) is 110 Å². The molecule has 47 heteroatoms. The van der Waals surface area contributed by atoms with E-state index in [-0.39, 0.29) is 74.7 Å². The second-order valence-corrected chi connectivity index (χ2v) is 30.1. The van der Waals surface area contributed by atoms with E-state index < -0.39 is 255 Å². The van der Waals surface area contributed by atoms with Crippen LogP contribution in [0.2, 0.25) is 0 Å². The van der Waals surface area contributed by atoms with Gasteiger partial charge in [-0.05, 0) is 107 Å². The number of aromatic nitrogens is 4. The number of likely N-dealkylation sites (tertiary alicyclic amines) is 1. The Labute approximate surface area is 699 Å². The first kappa shape index (κ1) is 101. The van der Waals surface area contributed by atoms with Gasteiger partial charge in [-0.25, -0.2) is 9.97 Å². The third kappa shape index (κ3) is 34.8. The van der Waals surface area contributed by atoms with Crippen LogP contribution in [0.15, 0.2) is 49.3 Å². The number of aliphatic carboxylic acids is 3. The fraction of sp³-hybridized carbons (Fsp3) is 0.581. The van der Waals surface area contributed by atoms with Crippen LogP contribution >= 0.6 is 11.8 Å². The molecule has 27 N–H and O–H groups in total. The molecule has 1 aliphatic rings. The van der Waals surface area contributed by atoms with E-state index in [4.69, 9.17) is 17.2 Å². The monoisotopic (exact) mass is 1720 g/mol. The molecular formula is C74H112N22O24S. The third-order valence-corrected chi connectivity index (χ3v) is 19.8. The summed E-state index contributed by atoms with van der Waals surface area (Å²) >= 11 is 1.37. The topological polar surface area (TPSA) is 733 Å². The molecule has 1 aliphatic heterocycles. The van der Waals surface area contributed by atoms with Gasteiger partial charge < -0.3 is 132 Å². The molecule has 15 atom stereocenters. The molecule has 0 saturated carbocycles. The van der Waals surface area contributed by atoms with Crippen molar-refractivity contribution < 1.29 is 117 Å². The summed E-state index contributed by atoms with van der Waals surface area (Å²) in [4.78, 5) is 270. The number of aliphatic hydroxyl groups excluding tert-OH is 1. The van der Waals surface area contributed by atoms with E-state index >= 15 is 0 Å². The van der Waals surface area contributed by atoms with Crippen LogP contribution in [0.4, 0.5) is 0 Å². The molecule has 46 nitrogen and oxygen atoms in total. The number of carbonyl (C=O) groups excluding carboxylic acids is 16. The normalized spacial score (nSPS) is 15.8. The number of benzene rings is 1. The molecule has 3 aromatic rings. The summed E-state index contributed by atoms with van der Waals surface area (Å²) in [6, 6.07) is -16.6. The highest BCUT2D eigenvalue weighted by Gasteiger charge is 2.42. The number of carboxylic acids is 3. The first-order chi connectivity index (χ1) is 57.2. The molecule has 0 radical (unpaired) electrons. The van der Waals surface area contributed by atoms with E-state index in [0.717, 1.165) is 11.8 Å². The van der Waals surface area contributed by atoms with Gasteiger partial charge in [-0.3, -0.25) is 91.1 Å². The van der Waals surface area contributed by atoms with Gasteiger partial charge in [0, 0.05) is 44.6 Å². The van der Waals surface area contributed by atoms with Crippen molar-refractivity contribution in [2.45, 2.75) is 216 Å². The van der Waals surface area contributed by atoms with Crippen LogP contribution < -0.4 is 91.6 Å². The fourth-order valence-corrected chi connectivity index (χ4v) is 12.6. The summed E-state index contributed by atoms with van der Waals surface area (Å²) < 4.78 is 0. The van der Waals surface area contributed by atoms with Gasteiger partial charge in [-0.2, -0.15) is 11.8 Å². The molecule has 1 aromatic carbocycles. The van der Waals surface area contributed by atoms with Crippen LogP contribution in [0.1, 0.15) is 129 Å². The van der Waals surface area contributed by atoms with Gasteiger partial charge >= 0.3 is 17.9 Å². The number of unbranched alkanes of at least 4 members (excludes halogenated alkanes) is 1. The number of H-pyrrole nitrogens is 2. The Kier molecular flexibility index (Phi) is 42.7. The molecule has 0 unspecified atom stereocenters. The summed E-state index contributed by atoms with van der Waals surface area (Å²) in [5.74, 6) is -21.8.